The third-order valence-corrected chi connectivity index (χ3v) is 0.749. The number of carboxylic acids is 1. The lowest BCUT2D eigenvalue weighted by molar-refractivity contribution is -0.132. The largest absolute Gasteiger partial charge is 0.478 e. The molecule has 0 atom stereocenters. The minimum Gasteiger partial charge on any atom is -0.478 e. The van der Waals surface area contributed by atoms with Crippen LogP contribution in [0.3, 0.4) is 0 Å². The molecule has 4 heteroatoms. The van der Waals surface area contributed by atoms with Gasteiger partial charge in [0.05, 0.1) is 0 Å². The molecule has 0 saturated heterocycles. The summed E-state index contributed by atoms with van der Waals surface area (Å²) in [5.74, 6) is -1.04. The van der Waals surface area contributed by atoms with Crippen molar-refractivity contribution in [2.75, 3.05) is 6.61 Å². The smallest absolute Gasteiger partial charge is 0.328 e. The molecule has 0 aliphatic carbocycles. The first-order chi connectivity index (χ1) is 4.66. The molecular weight excluding hydrogens is 136 g/mol. The van der Waals surface area contributed by atoms with Crippen molar-refractivity contribution < 1.29 is 19.4 Å². The molecule has 0 heterocycles. The number of hydrogen-bond donors (Lipinski definition) is 1. The fraction of sp³-hybridized carbons (Fsp3) is 0.333. The molecule has 1 N–H and O–H groups in total. The van der Waals surface area contributed by atoms with Gasteiger partial charge in [0.15, 0.2) is 0 Å². The lowest BCUT2D eigenvalue weighted by Crippen LogP contribution is -1.96. The van der Waals surface area contributed by atoms with Crippen molar-refractivity contribution >= 4 is 12.4 Å². The number of carboxylic acid groups (broad SMARTS) is 1. The Morgan fingerprint density at radius 1 is 1.70 bits per heavy atom. The normalized spacial score (nSPS) is 10.7. The van der Waals surface area contributed by atoms with Gasteiger partial charge in [-0.1, -0.05) is 0 Å². The minimum atomic E-state index is -1.04. The maximum Gasteiger partial charge on any atom is 0.328 e. The van der Waals surface area contributed by atoms with Crippen molar-refractivity contribution in [3.8, 4) is 0 Å². The number of hydrogen-bond acceptors (Lipinski definition) is 3. The third kappa shape index (κ3) is 4.83. The van der Waals surface area contributed by atoms with Gasteiger partial charge in [0.1, 0.15) is 6.61 Å². The zero-order valence-electron chi connectivity index (χ0n) is 5.53. The summed E-state index contributed by atoms with van der Waals surface area (Å²) < 4.78 is 4.28. The zero-order chi connectivity index (χ0) is 7.98. The summed E-state index contributed by atoms with van der Waals surface area (Å²) in [5.41, 5.74) is 0.500. The first-order valence-electron chi connectivity index (χ1n) is 2.62. The Hall–Kier alpha value is -1.32. The Balaban J connectivity index is 3.70. The number of carbonyl (C=O) groups excluding carboxylic acids is 1. The highest BCUT2D eigenvalue weighted by Gasteiger charge is 1.92. The molecular formula is C6H8O4. The quantitative estimate of drug-likeness (QED) is 0.452. The predicted octanol–water partition coefficient (Wildman–Crippen LogP) is 0.190. The van der Waals surface area contributed by atoms with Crippen LogP contribution in [0.15, 0.2) is 11.6 Å². The van der Waals surface area contributed by atoms with E-state index in [4.69, 9.17) is 5.11 Å². The molecule has 0 unspecified atom stereocenters. The number of ether oxygens (including phenoxy) is 1. The van der Waals surface area contributed by atoms with Crippen molar-refractivity contribution in [1.82, 2.24) is 0 Å². The second kappa shape index (κ2) is 4.55. The van der Waals surface area contributed by atoms with Crippen LogP contribution < -0.4 is 0 Å². The fourth-order valence-electron chi connectivity index (χ4n) is 0.418. The predicted molar refractivity (Wildman–Crippen MR) is 33.4 cm³/mol. The molecule has 10 heavy (non-hydrogen) atoms. The molecule has 0 bridgehead atoms. The first-order valence-corrected chi connectivity index (χ1v) is 2.62. The van der Waals surface area contributed by atoms with Crippen molar-refractivity contribution in [3.63, 3.8) is 0 Å². The van der Waals surface area contributed by atoms with Gasteiger partial charge in [-0.25, -0.2) is 4.79 Å². The molecule has 0 amide bonds. The molecule has 0 aliphatic heterocycles. The van der Waals surface area contributed by atoms with Crippen molar-refractivity contribution in [1.29, 1.82) is 0 Å². The molecule has 0 saturated carbocycles. The van der Waals surface area contributed by atoms with E-state index in [2.05, 4.69) is 4.74 Å². The summed E-state index contributed by atoms with van der Waals surface area (Å²) in [6.07, 6.45) is 0.990. The third-order valence-electron chi connectivity index (χ3n) is 0.749. The molecule has 0 rings (SSSR count). The van der Waals surface area contributed by atoms with E-state index in [1.165, 1.54) is 0 Å². The molecule has 0 fully saturated rings. The van der Waals surface area contributed by atoms with Gasteiger partial charge in [-0.05, 0) is 12.5 Å². The summed E-state index contributed by atoms with van der Waals surface area (Å²) in [7, 11) is 0. The van der Waals surface area contributed by atoms with E-state index >= 15 is 0 Å². The van der Waals surface area contributed by atoms with Gasteiger partial charge in [0.2, 0.25) is 0 Å². The van der Waals surface area contributed by atoms with Crippen LogP contribution in [0.2, 0.25) is 0 Å². The van der Waals surface area contributed by atoms with E-state index in [-0.39, 0.29) is 13.1 Å². The number of aliphatic carboxylic acids is 1. The van der Waals surface area contributed by atoms with Crippen LogP contribution in [0, 0.1) is 0 Å². The maximum atomic E-state index is 9.95. The van der Waals surface area contributed by atoms with E-state index in [0.29, 0.717) is 5.57 Å². The van der Waals surface area contributed by atoms with Gasteiger partial charge < -0.3 is 9.84 Å². The highest BCUT2D eigenvalue weighted by Crippen LogP contribution is 1.90. The molecule has 0 aromatic rings. The Morgan fingerprint density at radius 2 is 2.30 bits per heavy atom. The van der Waals surface area contributed by atoms with Crippen molar-refractivity contribution in [2.24, 2.45) is 0 Å². The monoisotopic (exact) mass is 144 g/mol. The highest BCUT2D eigenvalue weighted by molar-refractivity contribution is 5.80. The zero-order valence-corrected chi connectivity index (χ0v) is 5.53. The van der Waals surface area contributed by atoms with Crippen LogP contribution in [0.5, 0.6) is 0 Å². The lowest BCUT2D eigenvalue weighted by Gasteiger charge is -1.94. The summed E-state index contributed by atoms with van der Waals surface area (Å²) in [6.45, 7) is 1.88. The topological polar surface area (TPSA) is 63.6 Å². The van der Waals surface area contributed by atoms with Crippen LogP contribution in [0.4, 0.5) is 0 Å². The molecule has 0 aromatic carbocycles. The lowest BCUT2D eigenvalue weighted by atomic mass is 10.3. The van der Waals surface area contributed by atoms with Crippen molar-refractivity contribution in [3.05, 3.63) is 11.6 Å². The molecule has 0 radical (unpaired) electrons. The van der Waals surface area contributed by atoms with Gasteiger partial charge in [0, 0.05) is 6.08 Å². The van der Waals surface area contributed by atoms with Crippen LogP contribution in [-0.2, 0) is 14.3 Å². The maximum absolute atomic E-state index is 9.95. The SMILES string of the molecule is C/C(=C\C(=O)O)COC=O. The molecule has 0 aliphatic rings. The highest BCUT2D eigenvalue weighted by atomic mass is 16.5. The first kappa shape index (κ1) is 8.68. The summed E-state index contributed by atoms with van der Waals surface area (Å²) in [6, 6.07) is 0. The van der Waals surface area contributed by atoms with Crippen LogP contribution in [-0.4, -0.2) is 24.2 Å². The number of carbonyl (C=O) groups is 2. The van der Waals surface area contributed by atoms with Crippen LogP contribution in [0.1, 0.15) is 6.92 Å². The molecule has 56 valence electrons. The molecule has 4 nitrogen and oxygen atoms in total. The molecule has 0 spiro atoms. The Bertz CT molecular complexity index is 159. The average Bonchev–Trinajstić information content (AvgIpc) is 1.82. The van der Waals surface area contributed by atoms with Gasteiger partial charge in [-0.15, -0.1) is 0 Å². The summed E-state index contributed by atoms with van der Waals surface area (Å²) >= 11 is 0. The molecule has 0 aromatic heterocycles. The van der Waals surface area contributed by atoms with Crippen LogP contribution in [0.25, 0.3) is 0 Å². The van der Waals surface area contributed by atoms with E-state index in [1.807, 2.05) is 0 Å². The van der Waals surface area contributed by atoms with Gasteiger partial charge in [-0.3, -0.25) is 4.79 Å². The minimum absolute atomic E-state index is 0.0375. The Kier molecular flexibility index (Phi) is 3.95. The standard InChI is InChI=1S/C6H8O4/c1-5(2-6(8)9)3-10-4-7/h2,4H,3H2,1H3,(H,8,9)/b5-2+. The Morgan fingerprint density at radius 3 is 2.70 bits per heavy atom. The fourth-order valence-corrected chi connectivity index (χ4v) is 0.418. The summed E-state index contributed by atoms with van der Waals surface area (Å²) in [5, 5.41) is 8.16. The van der Waals surface area contributed by atoms with Gasteiger partial charge in [-0.2, -0.15) is 0 Å². The Labute approximate surface area is 58.1 Å². The van der Waals surface area contributed by atoms with Gasteiger partial charge in [0.25, 0.3) is 6.47 Å². The van der Waals surface area contributed by atoms with Crippen LogP contribution >= 0.6 is 0 Å². The second-order valence-electron chi connectivity index (χ2n) is 1.74. The average molecular weight is 144 g/mol. The van der Waals surface area contributed by atoms with E-state index in [0.717, 1.165) is 6.08 Å². The summed E-state index contributed by atoms with van der Waals surface area (Å²) in [4.78, 5) is 19.6. The second-order valence-corrected chi connectivity index (χ2v) is 1.74. The number of rotatable bonds is 4. The van der Waals surface area contributed by atoms with Gasteiger partial charge >= 0.3 is 5.97 Å². The van der Waals surface area contributed by atoms with E-state index in [9.17, 15) is 9.59 Å². The van der Waals surface area contributed by atoms with E-state index < -0.39 is 5.97 Å². The van der Waals surface area contributed by atoms with Crippen molar-refractivity contribution in [2.45, 2.75) is 6.92 Å². The van der Waals surface area contributed by atoms with E-state index in [1.54, 1.807) is 6.92 Å².